The third-order valence-corrected chi connectivity index (χ3v) is 9.32. The van der Waals surface area contributed by atoms with Crippen LogP contribution in [-0.2, 0) is 4.74 Å². The molecular weight excluding hydrogens is 570 g/mol. The first-order chi connectivity index (χ1) is 22.1. The fourth-order valence-corrected chi connectivity index (χ4v) is 6.54. The van der Waals surface area contributed by atoms with Crippen molar-refractivity contribution < 1.29 is 19.0 Å². The maximum atomic E-state index is 13.2. The molecule has 0 saturated carbocycles. The van der Waals surface area contributed by atoms with Gasteiger partial charge in [-0.2, -0.15) is 0 Å². The average molecular weight is 618 g/mol. The highest BCUT2D eigenvalue weighted by molar-refractivity contribution is 5.85. The number of piperazine rings is 1. The van der Waals surface area contributed by atoms with Gasteiger partial charge in [-0.1, -0.05) is 6.08 Å². The molecule has 0 radical (unpaired) electrons. The predicted octanol–water partition coefficient (Wildman–Crippen LogP) is 3.60. The summed E-state index contributed by atoms with van der Waals surface area (Å²) < 4.78 is 17.4. The first kappa shape index (κ1) is 31.3. The fraction of sp³-hybridized carbons (Fsp3) is 0.559. The topological polar surface area (TPSA) is 95.5 Å². The van der Waals surface area contributed by atoms with Crippen molar-refractivity contribution in [2.45, 2.75) is 31.6 Å². The quantitative estimate of drug-likeness (QED) is 0.424. The molecule has 2 aromatic rings. The summed E-state index contributed by atoms with van der Waals surface area (Å²) in [5.41, 5.74) is 3.94. The molecule has 4 aliphatic rings. The number of rotatable bonds is 9. The van der Waals surface area contributed by atoms with Crippen LogP contribution >= 0.6 is 0 Å². The number of fused-ring (bicyclic) bond motifs is 1. The standard InChI is InChI=1S/C34H47N7O4/c1-38-14-16-39(17-15-38)11-4-20-45-32-24-30-29(23-31(32)43-2)33(36-25-35-30)26-9-12-41(13-10-26)34(42)37-27-5-3-6-28(8-7-27)40-18-21-44-22-19-40/h3,6-8,23-26H,4-5,9-22H2,1-2H3,(H,37,42). The Hall–Kier alpha value is -3.67. The van der Waals surface area contributed by atoms with Crippen LogP contribution < -0.4 is 14.8 Å². The Labute approximate surface area is 266 Å². The second-order valence-electron chi connectivity index (χ2n) is 12.3. The number of hydrogen-bond donors (Lipinski definition) is 1. The van der Waals surface area contributed by atoms with E-state index in [4.69, 9.17) is 19.2 Å². The van der Waals surface area contributed by atoms with E-state index in [0.29, 0.717) is 37.6 Å². The number of hydrogen-bond acceptors (Lipinski definition) is 9. The van der Waals surface area contributed by atoms with E-state index in [2.05, 4.69) is 50.3 Å². The number of nitrogens with zero attached hydrogens (tertiary/aromatic N) is 6. The predicted molar refractivity (Wildman–Crippen MR) is 175 cm³/mol. The minimum absolute atomic E-state index is 0.0417. The Kier molecular flexibility index (Phi) is 10.5. The molecule has 3 fully saturated rings. The zero-order chi connectivity index (χ0) is 31.0. The third-order valence-electron chi connectivity index (χ3n) is 9.32. The first-order valence-corrected chi connectivity index (χ1v) is 16.4. The van der Waals surface area contributed by atoms with Crippen LogP contribution in [0, 0.1) is 0 Å². The van der Waals surface area contributed by atoms with E-state index >= 15 is 0 Å². The minimum atomic E-state index is -0.0417. The fourth-order valence-electron chi connectivity index (χ4n) is 6.54. The number of carbonyl (C=O) groups excluding carboxylic acids is 1. The lowest BCUT2D eigenvalue weighted by atomic mass is 9.91. The second-order valence-corrected chi connectivity index (χ2v) is 12.3. The molecular formula is C34H47N7O4. The molecule has 1 aromatic carbocycles. The summed E-state index contributed by atoms with van der Waals surface area (Å²) in [6.45, 7) is 10.8. The van der Waals surface area contributed by atoms with Crippen molar-refractivity contribution in [1.82, 2.24) is 34.9 Å². The molecule has 3 aliphatic heterocycles. The van der Waals surface area contributed by atoms with Gasteiger partial charge < -0.3 is 39.1 Å². The Morgan fingerprint density at radius 3 is 2.58 bits per heavy atom. The van der Waals surface area contributed by atoms with Gasteiger partial charge in [0.05, 0.1) is 38.1 Å². The summed E-state index contributed by atoms with van der Waals surface area (Å²) in [5, 5.41) is 4.13. The van der Waals surface area contributed by atoms with Crippen molar-refractivity contribution >= 4 is 16.9 Å². The lowest BCUT2D eigenvalue weighted by molar-refractivity contribution is 0.0554. The summed E-state index contributed by atoms with van der Waals surface area (Å²) in [5.74, 6) is 1.65. The number of ether oxygens (including phenoxy) is 3. The molecule has 0 spiro atoms. The number of methoxy groups -OCH3 is 1. The van der Waals surface area contributed by atoms with Gasteiger partial charge in [-0.15, -0.1) is 0 Å². The van der Waals surface area contributed by atoms with Crippen molar-refractivity contribution in [1.29, 1.82) is 0 Å². The van der Waals surface area contributed by atoms with Crippen molar-refractivity contribution in [3.63, 3.8) is 0 Å². The van der Waals surface area contributed by atoms with Crippen LogP contribution in [0.15, 0.2) is 54.2 Å². The van der Waals surface area contributed by atoms with E-state index in [1.54, 1.807) is 13.4 Å². The summed E-state index contributed by atoms with van der Waals surface area (Å²) in [4.78, 5) is 31.6. The Bertz CT molecular complexity index is 1400. The van der Waals surface area contributed by atoms with Gasteiger partial charge in [-0.25, -0.2) is 14.8 Å². The molecule has 4 heterocycles. The number of allylic oxidation sites excluding steroid dienone is 4. The second kappa shape index (κ2) is 15.1. The molecule has 242 valence electrons. The van der Waals surface area contributed by atoms with Crippen molar-refractivity contribution in [2.75, 3.05) is 92.9 Å². The zero-order valence-electron chi connectivity index (χ0n) is 26.7. The molecule has 45 heavy (non-hydrogen) atoms. The summed E-state index contributed by atoms with van der Waals surface area (Å²) in [6.07, 6.45) is 13.4. The van der Waals surface area contributed by atoms with E-state index in [9.17, 15) is 4.79 Å². The Morgan fingerprint density at radius 1 is 1.00 bits per heavy atom. The lowest BCUT2D eigenvalue weighted by Crippen LogP contribution is -2.44. The van der Waals surface area contributed by atoms with Gasteiger partial charge in [-0.3, -0.25) is 0 Å². The molecule has 11 heteroatoms. The van der Waals surface area contributed by atoms with Crippen LogP contribution in [0.2, 0.25) is 0 Å². The van der Waals surface area contributed by atoms with Gasteiger partial charge in [-0.05, 0) is 50.6 Å². The molecule has 11 nitrogen and oxygen atoms in total. The lowest BCUT2D eigenvalue weighted by Gasteiger charge is -2.32. The number of piperidine rings is 1. The van der Waals surface area contributed by atoms with Gasteiger partial charge in [0.15, 0.2) is 11.5 Å². The van der Waals surface area contributed by atoms with E-state index in [0.717, 1.165) is 106 Å². The number of morpholine rings is 1. The van der Waals surface area contributed by atoms with Crippen LogP contribution in [0.1, 0.15) is 37.3 Å². The van der Waals surface area contributed by atoms with Gasteiger partial charge in [0.1, 0.15) is 6.33 Å². The molecule has 2 amide bonds. The molecule has 0 bridgehead atoms. The zero-order valence-corrected chi connectivity index (χ0v) is 26.7. The smallest absolute Gasteiger partial charge is 0.321 e. The van der Waals surface area contributed by atoms with Crippen LogP contribution in [0.3, 0.4) is 0 Å². The van der Waals surface area contributed by atoms with Crippen molar-refractivity contribution in [3.8, 4) is 11.5 Å². The summed E-state index contributed by atoms with van der Waals surface area (Å²) in [7, 11) is 3.86. The van der Waals surface area contributed by atoms with Crippen molar-refractivity contribution in [3.05, 3.63) is 59.9 Å². The number of urea groups is 1. The molecule has 3 saturated heterocycles. The molecule has 1 N–H and O–H groups in total. The van der Waals surface area contributed by atoms with Gasteiger partial charge in [0.2, 0.25) is 0 Å². The number of benzene rings is 1. The highest BCUT2D eigenvalue weighted by atomic mass is 16.5. The number of carbonyl (C=O) groups is 1. The first-order valence-electron chi connectivity index (χ1n) is 16.4. The number of nitrogens with one attached hydrogen (secondary N) is 1. The molecule has 0 unspecified atom stereocenters. The SMILES string of the molecule is COc1cc2c(C3CCN(C(=O)NC4=CC=C(N5CCOCC5)C=CC4)CC3)ncnc2cc1OCCCN1CCN(C)CC1. The van der Waals surface area contributed by atoms with E-state index in [1.807, 2.05) is 23.1 Å². The third kappa shape index (κ3) is 7.95. The van der Waals surface area contributed by atoms with Crippen molar-refractivity contribution in [2.24, 2.45) is 0 Å². The normalized spacial score (nSPS) is 20.5. The average Bonchev–Trinajstić information content (AvgIpc) is 3.33. The van der Waals surface area contributed by atoms with E-state index < -0.39 is 0 Å². The van der Waals surface area contributed by atoms with Crippen LogP contribution in [0.4, 0.5) is 4.79 Å². The largest absolute Gasteiger partial charge is 0.493 e. The van der Waals surface area contributed by atoms with E-state index in [1.165, 1.54) is 0 Å². The van der Waals surface area contributed by atoms with Crippen LogP contribution in [0.25, 0.3) is 10.9 Å². The molecule has 1 aromatic heterocycles. The number of likely N-dealkylation sites (N-methyl/N-ethyl adjacent to an activating group) is 1. The number of likely N-dealkylation sites (tertiary alicyclic amines) is 1. The molecule has 0 atom stereocenters. The number of amides is 2. The Balaban J connectivity index is 1.03. The highest BCUT2D eigenvalue weighted by Gasteiger charge is 2.27. The molecule has 1 aliphatic carbocycles. The maximum absolute atomic E-state index is 13.2. The summed E-state index contributed by atoms with van der Waals surface area (Å²) >= 11 is 0. The maximum Gasteiger partial charge on any atom is 0.321 e. The van der Waals surface area contributed by atoms with Gasteiger partial charge in [0, 0.05) is 94.1 Å². The Morgan fingerprint density at radius 2 is 1.80 bits per heavy atom. The van der Waals surface area contributed by atoms with Crippen LogP contribution in [0.5, 0.6) is 11.5 Å². The van der Waals surface area contributed by atoms with Gasteiger partial charge in [0.25, 0.3) is 0 Å². The minimum Gasteiger partial charge on any atom is -0.493 e. The van der Waals surface area contributed by atoms with E-state index in [-0.39, 0.29) is 11.9 Å². The highest BCUT2D eigenvalue weighted by Crippen LogP contribution is 2.37. The summed E-state index contributed by atoms with van der Waals surface area (Å²) in [6, 6.07) is 3.95. The van der Waals surface area contributed by atoms with Crippen LogP contribution in [-0.4, -0.2) is 128 Å². The monoisotopic (exact) mass is 617 g/mol. The van der Waals surface area contributed by atoms with Gasteiger partial charge >= 0.3 is 6.03 Å². The molecule has 6 rings (SSSR count). The number of aromatic nitrogens is 2.